The number of aliphatic hydroxyl groups excluding tert-OH is 1. The molecule has 0 saturated carbocycles. The van der Waals surface area contributed by atoms with Crippen molar-refractivity contribution in [2.24, 2.45) is 0 Å². The summed E-state index contributed by atoms with van der Waals surface area (Å²) in [5.74, 6) is 1.43. The molecule has 5 heteroatoms. The molecule has 0 bridgehead atoms. The van der Waals surface area contributed by atoms with Gasteiger partial charge in [0.25, 0.3) is 0 Å². The second-order valence-electron chi connectivity index (χ2n) is 6.63. The maximum Gasteiger partial charge on any atom is 0.239 e. The van der Waals surface area contributed by atoms with Crippen LogP contribution in [-0.4, -0.2) is 34.9 Å². The number of nitrogen functional groups attached to an aromatic ring is 1. The van der Waals surface area contributed by atoms with Gasteiger partial charge in [0.15, 0.2) is 0 Å². The van der Waals surface area contributed by atoms with Gasteiger partial charge >= 0.3 is 0 Å². The SMILES string of the molecule is CC(C)(C)Oc1nc(N2CCCC2CCCO)ccc1N. The normalized spacial score (nSPS) is 19.0. The third kappa shape index (κ3) is 4.24. The van der Waals surface area contributed by atoms with E-state index in [4.69, 9.17) is 15.6 Å². The smallest absolute Gasteiger partial charge is 0.239 e. The first-order valence-electron chi connectivity index (χ1n) is 7.74. The van der Waals surface area contributed by atoms with E-state index in [1.165, 1.54) is 0 Å². The first kappa shape index (κ1) is 15.9. The number of aliphatic hydroxyl groups is 1. The number of pyridine rings is 1. The zero-order valence-electron chi connectivity index (χ0n) is 13.3. The highest BCUT2D eigenvalue weighted by Crippen LogP contribution is 2.31. The Morgan fingerprint density at radius 2 is 2.19 bits per heavy atom. The zero-order valence-corrected chi connectivity index (χ0v) is 13.3. The van der Waals surface area contributed by atoms with Crippen LogP contribution in [0, 0.1) is 0 Å². The lowest BCUT2D eigenvalue weighted by molar-refractivity contribution is 0.125. The Balaban J connectivity index is 2.17. The quantitative estimate of drug-likeness (QED) is 0.873. The van der Waals surface area contributed by atoms with Gasteiger partial charge in [-0.3, -0.25) is 0 Å². The maximum absolute atomic E-state index is 9.02. The number of nitrogens with zero attached hydrogens (tertiary/aromatic N) is 2. The van der Waals surface area contributed by atoms with E-state index in [1.807, 2.05) is 32.9 Å². The molecule has 21 heavy (non-hydrogen) atoms. The monoisotopic (exact) mass is 293 g/mol. The molecule has 5 nitrogen and oxygen atoms in total. The summed E-state index contributed by atoms with van der Waals surface area (Å²) < 4.78 is 5.85. The Kier molecular flexibility index (Phi) is 4.93. The number of anilines is 2. The topological polar surface area (TPSA) is 71.6 Å². The van der Waals surface area contributed by atoms with Gasteiger partial charge < -0.3 is 20.5 Å². The lowest BCUT2D eigenvalue weighted by Crippen LogP contribution is -2.31. The minimum absolute atomic E-state index is 0.248. The maximum atomic E-state index is 9.02. The molecule has 1 aromatic heterocycles. The Morgan fingerprint density at radius 3 is 2.86 bits per heavy atom. The molecule has 1 aliphatic rings. The van der Waals surface area contributed by atoms with Gasteiger partial charge in [-0.2, -0.15) is 4.98 Å². The van der Waals surface area contributed by atoms with E-state index in [1.54, 1.807) is 0 Å². The van der Waals surface area contributed by atoms with Gasteiger partial charge in [-0.05, 0) is 58.6 Å². The predicted molar refractivity (Wildman–Crippen MR) is 85.7 cm³/mol. The van der Waals surface area contributed by atoms with Crippen LogP contribution in [-0.2, 0) is 0 Å². The Bertz CT molecular complexity index is 471. The summed E-state index contributed by atoms with van der Waals surface area (Å²) >= 11 is 0. The molecule has 2 heterocycles. The minimum atomic E-state index is -0.318. The fourth-order valence-electron chi connectivity index (χ4n) is 2.74. The first-order chi connectivity index (χ1) is 9.90. The summed E-state index contributed by atoms with van der Waals surface area (Å²) in [4.78, 5) is 6.92. The summed E-state index contributed by atoms with van der Waals surface area (Å²) in [6, 6.07) is 4.28. The van der Waals surface area contributed by atoms with E-state index in [0.29, 0.717) is 17.6 Å². The number of rotatable bonds is 5. The van der Waals surface area contributed by atoms with Crippen LogP contribution in [0.4, 0.5) is 11.5 Å². The molecule has 0 radical (unpaired) electrons. The van der Waals surface area contributed by atoms with Gasteiger partial charge in [-0.15, -0.1) is 0 Å². The molecule has 3 N–H and O–H groups in total. The molecule has 0 spiro atoms. The highest BCUT2D eigenvalue weighted by molar-refractivity contribution is 5.55. The van der Waals surface area contributed by atoms with E-state index in [0.717, 1.165) is 38.0 Å². The Hall–Kier alpha value is -1.49. The third-order valence-corrected chi connectivity index (χ3v) is 3.64. The van der Waals surface area contributed by atoms with Crippen molar-refractivity contribution in [2.75, 3.05) is 23.8 Å². The van der Waals surface area contributed by atoms with Gasteiger partial charge in [-0.1, -0.05) is 0 Å². The number of ether oxygens (including phenoxy) is 1. The Labute approximate surface area is 127 Å². The van der Waals surface area contributed by atoms with Crippen LogP contribution in [0.15, 0.2) is 12.1 Å². The number of hydrogen-bond acceptors (Lipinski definition) is 5. The van der Waals surface area contributed by atoms with Gasteiger partial charge in [0, 0.05) is 19.2 Å². The minimum Gasteiger partial charge on any atom is -0.470 e. The van der Waals surface area contributed by atoms with Gasteiger partial charge in [0.05, 0.1) is 5.69 Å². The molecule has 118 valence electrons. The van der Waals surface area contributed by atoms with Gasteiger partial charge in [0.1, 0.15) is 11.4 Å². The second-order valence-corrected chi connectivity index (χ2v) is 6.63. The molecule has 1 unspecified atom stereocenters. The average Bonchev–Trinajstić information content (AvgIpc) is 2.85. The van der Waals surface area contributed by atoms with Crippen LogP contribution < -0.4 is 15.4 Å². The van der Waals surface area contributed by atoms with E-state index in [-0.39, 0.29) is 12.2 Å². The fraction of sp³-hybridized carbons (Fsp3) is 0.688. The molecule has 1 aliphatic heterocycles. The van der Waals surface area contributed by atoms with Crippen molar-refractivity contribution in [3.8, 4) is 5.88 Å². The van der Waals surface area contributed by atoms with E-state index >= 15 is 0 Å². The molecule has 1 fully saturated rings. The van der Waals surface area contributed by atoms with Crippen molar-refractivity contribution in [1.29, 1.82) is 0 Å². The summed E-state index contributed by atoms with van der Waals surface area (Å²) in [5, 5.41) is 9.02. The number of hydrogen-bond donors (Lipinski definition) is 2. The zero-order chi connectivity index (χ0) is 15.5. The van der Waals surface area contributed by atoms with Crippen molar-refractivity contribution in [3.05, 3.63) is 12.1 Å². The van der Waals surface area contributed by atoms with E-state index in [9.17, 15) is 0 Å². The molecule has 2 rings (SSSR count). The van der Waals surface area contributed by atoms with Crippen LogP contribution in [0.5, 0.6) is 5.88 Å². The van der Waals surface area contributed by atoms with Crippen LogP contribution >= 0.6 is 0 Å². The molecule has 0 aliphatic carbocycles. The van der Waals surface area contributed by atoms with Crippen molar-refractivity contribution in [2.45, 2.75) is 58.1 Å². The summed E-state index contributed by atoms with van der Waals surface area (Å²) in [6.07, 6.45) is 4.15. The summed E-state index contributed by atoms with van der Waals surface area (Å²) in [5.41, 5.74) is 6.22. The van der Waals surface area contributed by atoms with Gasteiger partial charge in [-0.25, -0.2) is 0 Å². The van der Waals surface area contributed by atoms with Crippen molar-refractivity contribution >= 4 is 11.5 Å². The van der Waals surface area contributed by atoms with E-state index < -0.39 is 0 Å². The van der Waals surface area contributed by atoms with Gasteiger partial charge in [0.2, 0.25) is 5.88 Å². The van der Waals surface area contributed by atoms with Crippen molar-refractivity contribution in [1.82, 2.24) is 4.98 Å². The molecular formula is C16H27N3O2. The molecule has 1 aromatic rings. The molecule has 1 atom stereocenters. The molecule has 0 aromatic carbocycles. The van der Waals surface area contributed by atoms with Crippen LogP contribution in [0.1, 0.15) is 46.5 Å². The summed E-state index contributed by atoms with van der Waals surface area (Å²) in [7, 11) is 0. The molecule has 0 amide bonds. The number of nitrogens with two attached hydrogens (primary N) is 1. The molecular weight excluding hydrogens is 266 g/mol. The van der Waals surface area contributed by atoms with Crippen molar-refractivity contribution in [3.63, 3.8) is 0 Å². The molecule has 1 saturated heterocycles. The standard InChI is InChI=1S/C16H27N3O2/c1-16(2,3)21-15-13(17)8-9-14(18-15)19-10-4-6-12(19)7-5-11-20/h8-9,12,20H,4-7,10-11,17H2,1-3H3. The lowest BCUT2D eigenvalue weighted by atomic mass is 10.1. The largest absolute Gasteiger partial charge is 0.470 e. The van der Waals surface area contributed by atoms with Crippen molar-refractivity contribution < 1.29 is 9.84 Å². The highest BCUT2D eigenvalue weighted by Gasteiger charge is 2.26. The lowest BCUT2D eigenvalue weighted by Gasteiger charge is -2.27. The summed E-state index contributed by atoms with van der Waals surface area (Å²) in [6.45, 7) is 7.21. The van der Waals surface area contributed by atoms with Crippen LogP contribution in [0.3, 0.4) is 0 Å². The highest BCUT2D eigenvalue weighted by atomic mass is 16.5. The third-order valence-electron chi connectivity index (χ3n) is 3.64. The van der Waals surface area contributed by atoms with Crippen LogP contribution in [0.2, 0.25) is 0 Å². The average molecular weight is 293 g/mol. The second kappa shape index (κ2) is 6.52. The predicted octanol–water partition coefficient (Wildman–Crippen LogP) is 2.58. The fourth-order valence-corrected chi connectivity index (χ4v) is 2.74. The number of aromatic nitrogens is 1. The van der Waals surface area contributed by atoms with E-state index in [2.05, 4.69) is 9.88 Å². The Morgan fingerprint density at radius 1 is 1.43 bits per heavy atom. The van der Waals surface area contributed by atoms with Crippen LogP contribution in [0.25, 0.3) is 0 Å². The first-order valence-corrected chi connectivity index (χ1v) is 7.74.